The average molecular weight is 339 g/mol. The van der Waals surface area contributed by atoms with Crippen molar-refractivity contribution in [1.82, 2.24) is 28.8 Å². The van der Waals surface area contributed by atoms with Crippen LogP contribution in [0.2, 0.25) is 0 Å². The van der Waals surface area contributed by atoms with Gasteiger partial charge in [-0.2, -0.15) is 17.8 Å². The van der Waals surface area contributed by atoms with Crippen molar-refractivity contribution in [3.05, 3.63) is 29.8 Å². The Bertz CT molecular complexity index is 770. The predicted molar refractivity (Wildman–Crippen MR) is 87.7 cm³/mol. The molecule has 0 bridgehead atoms. The van der Waals surface area contributed by atoms with Gasteiger partial charge in [-0.25, -0.2) is 19.4 Å². The first-order valence-electron chi connectivity index (χ1n) is 7.06. The highest BCUT2D eigenvalue weighted by Gasteiger charge is 2.11. The van der Waals surface area contributed by atoms with Gasteiger partial charge in [-0.3, -0.25) is 0 Å². The Balaban J connectivity index is 1.97. The Kier molecular flexibility index (Phi) is 5.29. The van der Waals surface area contributed by atoms with Gasteiger partial charge in [0.15, 0.2) is 5.82 Å². The first-order chi connectivity index (χ1) is 10.8. The van der Waals surface area contributed by atoms with Crippen LogP contribution in [0, 0.1) is 13.8 Å². The Morgan fingerprint density at radius 3 is 2.52 bits per heavy atom. The van der Waals surface area contributed by atoms with E-state index in [-0.39, 0.29) is 6.54 Å². The number of aromatic nitrogens is 4. The number of rotatable bonds is 7. The third kappa shape index (κ3) is 4.47. The lowest BCUT2D eigenvalue weighted by Gasteiger charge is -2.13. The monoisotopic (exact) mass is 339 g/mol. The van der Waals surface area contributed by atoms with Crippen LogP contribution in [0.1, 0.15) is 11.4 Å². The fourth-order valence-corrected chi connectivity index (χ4v) is 2.54. The van der Waals surface area contributed by atoms with Gasteiger partial charge in [-0.05, 0) is 19.9 Å². The van der Waals surface area contributed by atoms with Gasteiger partial charge in [0, 0.05) is 38.9 Å². The minimum absolute atomic E-state index is 0.250. The van der Waals surface area contributed by atoms with Crippen molar-refractivity contribution < 1.29 is 8.42 Å². The molecule has 2 rings (SSSR count). The molecular weight excluding hydrogens is 318 g/mol. The summed E-state index contributed by atoms with van der Waals surface area (Å²) in [5.41, 5.74) is 1.89. The molecule has 2 aromatic rings. The Labute approximate surface area is 135 Å². The number of nitrogens with zero attached hydrogens (tertiary/aromatic N) is 5. The molecule has 23 heavy (non-hydrogen) atoms. The van der Waals surface area contributed by atoms with Crippen LogP contribution in [0.4, 0.5) is 5.82 Å². The molecule has 0 aliphatic rings. The van der Waals surface area contributed by atoms with Crippen molar-refractivity contribution in [3.8, 4) is 5.82 Å². The van der Waals surface area contributed by atoms with Gasteiger partial charge in [0.2, 0.25) is 0 Å². The highest BCUT2D eigenvalue weighted by Crippen LogP contribution is 2.11. The van der Waals surface area contributed by atoms with Gasteiger partial charge in [-0.1, -0.05) is 0 Å². The maximum absolute atomic E-state index is 11.6. The minimum Gasteiger partial charge on any atom is -0.369 e. The van der Waals surface area contributed by atoms with E-state index < -0.39 is 10.2 Å². The number of hydrogen-bond acceptors (Lipinski definition) is 6. The molecule has 10 heteroatoms. The molecule has 0 radical (unpaired) electrons. The molecule has 2 N–H and O–H groups in total. The molecule has 0 aliphatic carbocycles. The number of nitrogens with one attached hydrogen (secondary N) is 2. The number of anilines is 1. The lowest BCUT2D eigenvalue weighted by molar-refractivity contribution is 0.507. The molecular formula is C13H21N7O2S. The number of aryl methyl sites for hydroxylation is 2. The van der Waals surface area contributed by atoms with E-state index in [1.165, 1.54) is 20.4 Å². The molecule has 0 unspecified atom stereocenters. The Morgan fingerprint density at radius 2 is 1.91 bits per heavy atom. The topological polar surface area (TPSA) is 105 Å². The second-order valence-corrected chi connectivity index (χ2v) is 7.18. The van der Waals surface area contributed by atoms with Crippen molar-refractivity contribution in [1.29, 1.82) is 0 Å². The van der Waals surface area contributed by atoms with Crippen LogP contribution in [-0.4, -0.2) is 59.7 Å². The van der Waals surface area contributed by atoms with E-state index in [0.29, 0.717) is 18.2 Å². The summed E-state index contributed by atoms with van der Waals surface area (Å²) < 4.78 is 28.5. The number of hydrogen-bond donors (Lipinski definition) is 2. The average Bonchev–Trinajstić information content (AvgIpc) is 2.82. The highest BCUT2D eigenvalue weighted by atomic mass is 32.2. The lowest BCUT2D eigenvalue weighted by atomic mass is 10.4. The smallest absolute Gasteiger partial charge is 0.278 e. The quantitative estimate of drug-likeness (QED) is 0.693. The summed E-state index contributed by atoms with van der Waals surface area (Å²) >= 11 is 0. The van der Waals surface area contributed by atoms with Crippen LogP contribution in [0.15, 0.2) is 18.5 Å². The zero-order valence-electron chi connectivity index (χ0n) is 13.6. The zero-order valence-corrected chi connectivity index (χ0v) is 14.4. The van der Waals surface area contributed by atoms with Gasteiger partial charge in [-0.15, -0.1) is 0 Å². The van der Waals surface area contributed by atoms with Gasteiger partial charge in [0.05, 0.1) is 5.69 Å². The molecule has 0 atom stereocenters. The third-order valence-corrected chi connectivity index (χ3v) is 4.61. The van der Waals surface area contributed by atoms with E-state index in [9.17, 15) is 8.42 Å². The highest BCUT2D eigenvalue weighted by molar-refractivity contribution is 7.87. The van der Waals surface area contributed by atoms with Crippen LogP contribution in [-0.2, 0) is 10.2 Å². The summed E-state index contributed by atoms with van der Waals surface area (Å²) in [6, 6.07) is 3.73. The first-order valence-corrected chi connectivity index (χ1v) is 8.50. The lowest BCUT2D eigenvalue weighted by Crippen LogP contribution is -2.38. The van der Waals surface area contributed by atoms with E-state index in [0.717, 1.165) is 15.7 Å². The van der Waals surface area contributed by atoms with Crippen LogP contribution >= 0.6 is 0 Å². The maximum Gasteiger partial charge on any atom is 0.278 e. The van der Waals surface area contributed by atoms with Crippen LogP contribution in [0.25, 0.3) is 5.82 Å². The zero-order chi connectivity index (χ0) is 17.0. The van der Waals surface area contributed by atoms with Gasteiger partial charge in [0.1, 0.15) is 12.1 Å². The second-order valence-electron chi connectivity index (χ2n) is 5.21. The fourth-order valence-electron chi connectivity index (χ4n) is 1.92. The molecule has 0 aliphatic heterocycles. The molecule has 0 saturated heterocycles. The van der Waals surface area contributed by atoms with E-state index in [2.05, 4.69) is 25.1 Å². The van der Waals surface area contributed by atoms with E-state index in [4.69, 9.17) is 0 Å². The van der Waals surface area contributed by atoms with Gasteiger partial charge >= 0.3 is 0 Å². The summed E-state index contributed by atoms with van der Waals surface area (Å²) in [6.07, 6.45) is 1.44. The van der Waals surface area contributed by atoms with Crippen molar-refractivity contribution >= 4 is 16.0 Å². The van der Waals surface area contributed by atoms with Crippen molar-refractivity contribution in [3.63, 3.8) is 0 Å². The van der Waals surface area contributed by atoms with Crippen molar-refractivity contribution in [2.24, 2.45) is 0 Å². The van der Waals surface area contributed by atoms with E-state index in [1.54, 1.807) is 10.7 Å². The van der Waals surface area contributed by atoms with Gasteiger partial charge < -0.3 is 5.32 Å². The largest absolute Gasteiger partial charge is 0.369 e. The van der Waals surface area contributed by atoms with E-state index >= 15 is 0 Å². The molecule has 0 fully saturated rings. The van der Waals surface area contributed by atoms with E-state index in [1.807, 2.05) is 19.9 Å². The molecule has 0 spiro atoms. The second kappa shape index (κ2) is 7.02. The summed E-state index contributed by atoms with van der Waals surface area (Å²) in [4.78, 5) is 8.33. The normalized spacial score (nSPS) is 11.9. The first kappa shape index (κ1) is 17.3. The minimum atomic E-state index is -3.41. The molecule has 0 aromatic carbocycles. The van der Waals surface area contributed by atoms with Gasteiger partial charge in [0.25, 0.3) is 10.2 Å². The summed E-state index contributed by atoms with van der Waals surface area (Å²) in [5.74, 6) is 1.26. The molecule has 2 heterocycles. The maximum atomic E-state index is 11.6. The van der Waals surface area contributed by atoms with Crippen LogP contribution in [0.5, 0.6) is 0 Å². The molecule has 0 amide bonds. The Hall–Kier alpha value is -2.04. The fraction of sp³-hybridized carbons (Fsp3) is 0.462. The SMILES string of the molecule is Cc1cc(C)n(-c2cc(NCCNS(=O)(=O)N(C)C)ncn2)n1. The third-order valence-electron chi connectivity index (χ3n) is 3.08. The molecule has 0 saturated carbocycles. The molecule has 126 valence electrons. The molecule has 2 aromatic heterocycles. The molecule has 9 nitrogen and oxygen atoms in total. The van der Waals surface area contributed by atoms with Crippen molar-refractivity contribution in [2.45, 2.75) is 13.8 Å². The summed E-state index contributed by atoms with van der Waals surface area (Å²) in [7, 11) is -0.464. The Morgan fingerprint density at radius 1 is 1.17 bits per heavy atom. The van der Waals surface area contributed by atoms with Crippen LogP contribution in [0.3, 0.4) is 0 Å². The summed E-state index contributed by atoms with van der Waals surface area (Å²) in [6.45, 7) is 4.52. The standard InChI is InChI=1S/C13H21N7O2S/c1-10-7-11(2)20(18-10)13-8-12(15-9-16-13)14-5-6-17-23(21,22)19(3)4/h7-9,17H,5-6H2,1-4H3,(H,14,15,16). The van der Waals surface area contributed by atoms with Crippen LogP contribution < -0.4 is 10.0 Å². The predicted octanol–water partition coefficient (Wildman–Crippen LogP) is 0.0870. The van der Waals surface area contributed by atoms with Crippen molar-refractivity contribution in [2.75, 3.05) is 32.5 Å². The summed E-state index contributed by atoms with van der Waals surface area (Å²) in [5, 5.41) is 7.43.